The lowest BCUT2D eigenvalue weighted by Gasteiger charge is -2.10. The van der Waals surface area contributed by atoms with Crippen LogP contribution in [0.5, 0.6) is 5.75 Å². The number of carbonyl (C=O) groups is 2. The van der Waals surface area contributed by atoms with E-state index in [2.05, 4.69) is 0 Å². The number of nitrogens with zero attached hydrogens (tertiary/aromatic N) is 1. The molecule has 6 nitrogen and oxygen atoms in total. The van der Waals surface area contributed by atoms with Gasteiger partial charge in [0.15, 0.2) is 5.78 Å². The summed E-state index contributed by atoms with van der Waals surface area (Å²) in [6, 6.07) is 6.29. The Morgan fingerprint density at radius 3 is 2.67 bits per heavy atom. The molecular formula is C15H16N2O4. The molecule has 0 aliphatic rings. The first kappa shape index (κ1) is 14.6. The van der Waals surface area contributed by atoms with Crippen molar-refractivity contribution in [3.63, 3.8) is 0 Å². The number of carbonyl (C=O) groups excluding carboxylic acids is 1. The first-order chi connectivity index (χ1) is 9.95. The molecule has 0 fully saturated rings. The second kappa shape index (κ2) is 5.70. The minimum atomic E-state index is -1.09. The van der Waals surface area contributed by atoms with E-state index in [9.17, 15) is 9.59 Å². The lowest BCUT2D eigenvalue weighted by Crippen LogP contribution is -2.08. The molecule has 21 heavy (non-hydrogen) atoms. The molecule has 1 aromatic heterocycles. The molecule has 0 aliphatic carbocycles. The minimum Gasteiger partial charge on any atom is -0.493 e. The Labute approximate surface area is 121 Å². The van der Waals surface area contributed by atoms with Crippen molar-refractivity contribution in [1.29, 1.82) is 0 Å². The molecule has 2 rings (SSSR count). The van der Waals surface area contributed by atoms with E-state index in [1.807, 2.05) is 6.92 Å². The van der Waals surface area contributed by atoms with Crippen molar-refractivity contribution < 1.29 is 19.4 Å². The van der Waals surface area contributed by atoms with Crippen LogP contribution in [0.2, 0.25) is 0 Å². The monoisotopic (exact) mass is 288 g/mol. The van der Waals surface area contributed by atoms with Crippen molar-refractivity contribution in [2.45, 2.75) is 6.92 Å². The number of benzene rings is 1. The van der Waals surface area contributed by atoms with Gasteiger partial charge >= 0.3 is 5.97 Å². The van der Waals surface area contributed by atoms with Gasteiger partial charge in [-0.05, 0) is 25.1 Å². The lowest BCUT2D eigenvalue weighted by molar-refractivity contribution is 0.0686. The number of nitrogens with two attached hydrogens (primary N) is 1. The molecule has 0 unspecified atom stereocenters. The van der Waals surface area contributed by atoms with Crippen molar-refractivity contribution in [1.82, 2.24) is 4.57 Å². The van der Waals surface area contributed by atoms with Gasteiger partial charge < -0.3 is 20.1 Å². The highest BCUT2D eigenvalue weighted by Crippen LogP contribution is 2.27. The maximum atomic E-state index is 12.6. The SMILES string of the molecule is CCOc1cccc(N)c1C(=O)c1cc(C(=O)O)n(C)c1. The zero-order valence-electron chi connectivity index (χ0n) is 11.8. The van der Waals surface area contributed by atoms with Crippen LogP contribution < -0.4 is 10.5 Å². The Morgan fingerprint density at radius 1 is 1.38 bits per heavy atom. The highest BCUT2D eigenvalue weighted by atomic mass is 16.5. The number of hydrogen-bond donors (Lipinski definition) is 2. The van der Waals surface area contributed by atoms with Crippen LogP contribution in [0.1, 0.15) is 33.3 Å². The zero-order valence-corrected chi connectivity index (χ0v) is 11.8. The average molecular weight is 288 g/mol. The number of aromatic nitrogens is 1. The summed E-state index contributed by atoms with van der Waals surface area (Å²) in [4.78, 5) is 23.6. The van der Waals surface area contributed by atoms with Crippen LogP contribution in [0.3, 0.4) is 0 Å². The summed E-state index contributed by atoms with van der Waals surface area (Å²) in [7, 11) is 1.57. The van der Waals surface area contributed by atoms with Gasteiger partial charge in [-0.25, -0.2) is 4.79 Å². The fraction of sp³-hybridized carbons (Fsp3) is 0.200. The Morgan fingerprint density at radius 2 is 2.10 bits per heavy atom. The largest absolute Gasteiger partial charge is 0.493 e. The summed E-state index contributed by atoms with van der Waals surface area (Å²) in [6.07, 6.45) is 1.47. The summed E-state index contributed by atoms with van der Waals surface area (Å²) >= 11 is 0. The van der Waals surface area contributed by atoms with Crippen molar-refractivity contribution >= 4 is 17.4 Å². The number of anilines is 1. The Hall–Kier alpha value is -2.76. The van der Waals surface area contributed by atoms with E-state index < -0.39 is 5.97 Å². The number of carboxylic acids is 1. The van der Waals surface area contributed by atoms with Crippen LogP contribution in [-0.4, -0.2) is 28.0 Å². The maximum absolute atomic E-state index is 12.6. The second-order valence-electron chi connectivity index (χ2n) is 4.51. The van der Waals surface area contributed by atoms with Crippen molar-refractivity contribution in [2.75, 3.05) is 12.3 Å². The van der Waals surface area contributed by atoms with Crippen molar-refractivity contribution in [3.05, 3.63) is 47.3 Å². The molecule has 0 atom stereocenters. The van der Waals surface area contributed by atoms with Crippen LogP contribution >= 0.6 is 0 Å². The van der Waals surface area contributed by atoms with Gasteiger partial charge in [-0.1, -0.05) is 6.07 Å². The van der Waals surface area contributed by atoms with Crippen molar-refractivity contribution in [3.8, 4) is 5.75 Å². The van der Waals surface area contributed by atoms with Crippen LogP contribution in [0, 0.1) is 0 Å². The highest BCUT2D eigenvalue weighted by molar-refractivity contribution is 6.14. The number of ether oxygens (including phenoxy) is 1. The van der Waals surface area contributed by atoms with E-state index in [0.717, 1.165) is 0 Å². The molecule has 0 aliphatic heterocycles. The molecule has 3 N–H and O–H groups in total. The summed E-state index contributed by atoms with van der Waals surface area (Å²) in [5, 5.41) is 9.04. The van der Waals surface area contributed by atoms with E-state index in [0.29, 0.717) is 18.0 Å². The molecule has 1 aromatic carbocycles. The minimum absolute atomic E-state index is 0.0332. The van der Waals surface area contributed by atoms with Gasteiger partial charge in [-0.3, -0.25) is 4.79 Å². The third-order valence-corrected chi connectivity index (χ3v) is 3.07. The topological polar surface area (TPSA) is 94.6 Å². The highest BCUT2D eigenvalue weighted by Gasteiger charge is 2.21. The molecule has 6 heteroatoms. The van der Waals surface area contributed by atoms with Gasteiger partial charge in [-0.2, -0.15) is 0 Å². The number of nitrogen functional groups attached to an aromatic ring is 1. The summed E-state index contributed by atoms with van der Waals surface area (Å²) in [5.41, 5.74) is 6.71. The maximum Gasteiger partial charge on any atom is 0.352 e. The standard InChI is InChI=1S/C15H16N2O4/c1-3-21-12-6-4-5-10(16)13(12)14(18)9-7-11(15(19)20)17(2)8-9/h4-8H,3,16H2,1-2H3,(H,19,20). The molecule has 0 saturated carbocycles. The Balaban J connectivity index is 2.50. The quantitative estimate of drug-likeness (QED) is 0.647. The van der Waals surface area contributed by atoms with Gasteiger partial charge in [0.05, 0.1) is 12.2 Å². The molecule has 0 bridgehead atoms. The lowest BCUT2D eigenvalue weighted by atomic mass is 10.0. The molecule has 0 radical (unpaired) electrons. The molecule has 110 valence electrons. The Kier molecular flexibility index (Phi) is 3.98. The van der Waals surface area contributed by atoms with Crippen LogP contribution in [0.15, 0.2) is 30.5 Å². The summed E-state index contributed by atoms with van der Waals surface area (Å²) in [6.45, 7) is 2.21. The van der Waals surface area contributed by atoms with Gasteiger partial charge in [0.2, 0.25) is 0 Å². The number of hydrogen-bond acceptors (Lipinski definition) is 4. The van der Waals surface area contributed by atoms with E-state index >= 15 is 0 Å². The molecule has 1 heterocycles. The number of aromatic carboxylic acids is 1. The average Bonchev–Trinajstić information content (AvgIpc) is 2.81. The third-order valence-electron chi connectivity index (χ3n) is 3.07. The molecule has 0 amide bonds. The predicted octanol–water partition coefficient (Wildman–Crippen LogP) is 1.94. The predicted molar refractivity (Wildman–Crippen MR) is 77.8 cm³/mol. The number of ketones is 1. The van der Waals surface area contributed by atoms with Crippen LogP contribution in [0.4, 0.5) is 5.69 Å². The molecule has 0 spiro atoms. The molecule has 2 aromatic rings. The van der Waals surface area contributed by atoms with E-state index in [1.54, 1.807) is 25.2 Å². The molecule has 0 saturated heterocycles. The zero-order chi connectivity index (χ0) is 15.6. The van der Waals surface area contributed by atoms with E-state index in [-0.39, 0.29) is 22.6 Å². The summed E-state index contributed by atoms with van der Waals surface area (Å²) < 4.78 is 6.80. The Bertz CT molecular complexity index is 704. The number of rotatable bonds is 5. The summed E-state index contributed by atoms with van der Waals surface area (Å²) in [5.74, 6) is -1.06. The number of carboxylic acid groups (broad SMARTS) is 1. The van der Waals surface area contributed by atoms with E-state index in [1.165, 1.54) is 16.8 Å². The van der Waals surface area contributed by atoms with Gasteiger partial charge in [0.25, 0.3) is 0 Å². The van der Waals surface area contributed by atoms with Crippen LogP contribution in [0.25, 0.3) is 0 Å². The van der Waals surface area contributed by atoms with Crippen LogP contribution in [-0.2, 0) is 7.05 Å². The first-order valence-electron chi connectivity index (χ1n) is 6.41. The van der Waals surface area contributed by atoms with Gasteiger partial charge in [0, 0.05) is 24.5 Å². The second-order valence-corrected chi connectivity index (χ2v) is 4.51. The normalized spacial score (nSPS) is 10.4. The van der Waals surface area contributed by atoms with E-state index in [4.69, 9.17) is 15.6 Å². The number of aryl methyl sites for hydroxylation is 1. The fourth-order valence-electron chi connectivity index (χ4n) is 2.11. The van der Waals surface area contributed by atoms with Gasteiger partial charge in [0.1, 0.15) is 11.4 Å². The molecular weight excluding hydrogens is 272 g/mol. The van der Waals surface area contributed by atoms with Gasteiger partial charge in [-0.15, -0.1) is 0 Å². The van der Waals surface area contributed by atoms with Crippen molar-refractivity contribution in [2.24, 2.45) is 7.05 Å². The fourth-order valence-corrected chi connectivity index (χ4v) is 2.11. The third kappa shape index (κ3) is 2.74. The smallest absolute Gasteiger partial charge is 0.352 e. The first-order valence-corrected chi connectivity index (χ1v) is 6.41.